The smallest absolute Gasteiger partial charge is 0.135 e. The van der Waals surface area contributed by atoms with Gasteiger partial charge in [0.15, 0.2) is 0 Å². The van der Waals surface area contributed by atoms with Crippen LogP contribution in [0.3, 0.4) is 0 Å². The lowest BCUT2D eigenvalue weighted by atomic mass is 9.97. The average Bonchev–Trinajstić information content (AvgIpc) is 3.05. The minimum atomic E-state index is 0.362. The zero-order valence-corrected chi connectivity index (χ0v) is 13.2. The lowest BCUT2D eigenvalue weighted by molar-refractivity contribution is -0.122. The van der Waals surface area contributed by atoms with Gasteiger partial charge in [0.2, 0.25) is 0 Å². The molecule has 0 atom stereocenters. The van der Waals surface area contributed by atoms with E-state index in [0.29, 0.717) is 11.7 Å². The van der Waals surface area contributed by atoms with Crippen molar-refractivity contribution in [2.45, 2.75) is 51.4 Å². The van der Waals surface area contributed by atoms with Crippen molar-refractivity contribution in [1.82, 2.24) is 0 Å². The Bertz CT molecular complexity index is 462. The minimum absolute atomic E-state index is 0.362. The molecule has 0 heterocycles. The molecule has 0 spiro atoms. The number of hydrogen-bond acceptors (Lipinski definition) is 3. The van der Waals surface area contributed by atoms with Crippen LogP contribution in [0.15, 0.2) is 18.2 Å². The Kier molecular flexibility index (Phi) is 6.09. The van der Waals surface area contributed by atoms with Crippen LogP contribution in [-0.2, 0) is 11.2 Å². The fourth-order valence-electron chi connectivity index (χ4n) is 3.12. The number of benzene rings is 1. The van der Waals surface area contributed by atoms with Crippen molar-refractivity contribution < 1.29 is 14.3 Å². The third-order valence-electron chi connectivity index (χ3n) is 4.42. The Balaban J connectivity index is 1.76. The van der Waals surface area contributed by atoms with Crippen LogP contribution in [-0.4, -0.2) is 20.0 Å². The second-order valence-corrected chi connectivity index (χ2v) is 5.83. The summed E-state index contributed by atoms with van der Waals surface area (Å²) in [4.78, 5) is 12.0. The lowest BCUT2D eigenvalue weighted by Gasteiger charge is -2.11. The summed E-state index contributed by atoms with van der Waals surface area (Å²) in [7, 11) is 3.34. The van der Waals surface area contributed by atoms with Gasteiger partial charge in [-0.1, -0.05) is 18.9 Å². The van der Waals surface area contributed by atoms with Gasteiger partial charge in [-0.05, 0) is 43.7 Å². The molecule has 1 aromatic rings. The molecule has 3 heteroatoms. The quantitative estimate of drug-likeness (QED) is 0.674. The second kappa shape index (κ2) is 8.06. The normalized spacial score (nSPS) is 15.1. The van der Waals surface area contributed by atoms with E-state index in [1.165, 1.54) is 18.4 Å². The van der Waals surface area contributed by atoms with Crippen LogP contribution >= 0.6 is 0 Å². The van der Waals surface area contributed by atoms with E-state index in [-0.39, 0.29) is 0 Å². The molecular formula is C18H26O3. The molecule has 0 unspecified atom stereocenters. The van der Waals surface area contributed by atoms with E-state index in [1.54, 1.807) is 14.2 Å². The first-order chi connectivity index (χ1) is 10.2. The maximum Gasteiger partial charge on any atom is 0.135 e. The van der Waals surface area contributed by atoms with Gasteiger partial charge in [-0.2, -0.15) is 0 Å². The summed E-state index contributed by atoms with van der Waals surface area (Å²) >= 11 is 0. The zero-order chi connectivity index (χ0) is 15.1. The second-order valence-electron chi connectivity index (χ2n) is 5.83. The number of aryl methyl sites for hydroxylation is 1. The molecule has 3 nitrogen and oxygen atoms in total. The highest BCUT2D eigenvalue weighted by Crippen LogP contribution is 2.28. The molecule has 1 aromatic carbocycles. The highest BCUT2D eigenvalue weighted by molar-refractivity contribution is 5.81. The Labute approximate surface area is 127 Å². The summed E-state index contributed by atoms with van der Waals surface area (Å²) in [6.45, 7) is 0. The van der Waals surface area contributed by atoms with Gasteiger partial charge >= 0.3 is 0 Å². The topological polar surface area (TPSA) is 35.5 Å². The molecule has 0 bridgehead atoms. The molecule has 1 aliphatic carbocycles. The van der Waals surface area contributed by atoms with E-state index in [4.69, 9.17) is 9.47 Å². The van der Waals surface area contributed by atoms with Gasteiger partial charge < -0.3 is 9.47 Å². The SMILES string of the molecule is COc1ccc(CCCCC(=O)C2CCCC2)c(OC)c1. The number of carbonyl (C=O) groups excluding carboxylic acids is 1. The molecule has 1 fully saturated rings. The highest BCUT2D eigenvalue weighted by Gasteiger charge is 2.21. The fraction of sp³-hybridized carbons (Fsp3) is 0.611. The molecular weight excluding hydrogens is 264 g/mol. The van der Waals surface area contributed by atoms with Crippen molar-refractivity contribution >= 4 is 5.78 Å². The summed E-state index contributed by atoms with van der Waals surface area (Å²) in [5, 5.41) is 0. The predicted molar refractivity (Wildman–Crippen MR) is 84.1 cm³/mol. The number of hydrogen-bond donors (Lipinski definition) is 0. The number of methoxy groups -OCH3 is 2. The molecule has 0 radical (unpaired) electrons. The first kappa shape index (κ1) is 15.9. The van der Waals surface area contributed by atoms with Crippen molar-refractivity contribution in [1.29, 1.82) is 0 Å². The van der Waals surface area contributed by atoms with E-state index >= 15 is 0 Å². The number of Topliss-reactive ketones (excluding diaryl/α,β-unsaturated/α-hetero) is 1. The van der Waals surface area contributed by atoms with Gasteiger partial charge in [-0.25, -0.2) is 0 Å². The maximum absolute atomic E-state index is 12.0. The Morgan fingerprint density at radius 2 is 1.90 bits per heavy atom. The van der Waals surface area contributed by atoms with E-state index in [1.807, 2.05) is 12.1 Å². The van der Waals surface area contributed by atoms with E-state index in [2.05, 4.69) is 6.07 Å². The highest BCUT2D eigenvalue weighted by atomic mass is 16.5. The van der Waals surface area contributed by atoms with Crippen LogP contribution in [0.4, 0.5) is 0 Å². The van der Waals surface area contributed by atoms with Crippen LogP contribution in [0.25, 0.3) is 0 Å². The largest absolute Gasteiger partial charge is 0.497 e. The molecule has 116 valence electrons. The van der Waals surface area contributed by atoms with Crippen LogP contribution in [0, 0.1) is 5.92 Å². The van der Waals surface area contributed by atoms with Crippen molar-refractivity contribution in [2.75, 3.05) is 14.2 Å². The Morgan fingerprint density at radius 3 is 2.57 bits per heavy atom. The number of ether oxygens (including phenoxy) is 2. The first-order valence-corrected chi connectivity index (χ1v) is 7.98. The summed E-state index contributed by atoms with van der Waals surface area (Å²) in [6, 6.07) is 5.93. The minimum Gasteiger partial charge on any atom is -0.497 e. The standard InChI is InChI=1S/C18H26O3/c1-20-16-12-11-15(18(13-16)21-2)9-5-6-10-17(19)14-7-3-4-8-14/h11-14H,3-10H2,1-2H3. The van der Waals surface area contributed by atoms with Crippen molar-refractivity contribution in [3.8, 4) is 11.5 Å². The van der Waals surface area contributed by atoms with Crippen molar-refractivity contribution in [2.24, 2.45) is 5.92 Å². The van der Waals surface area contributed by atoms with Gasteiger partial charge in [0.1, 0.15) is 17.3 Å². The number of unbranched alkanes of at least 4 members (excludes halogenated alkanes) is 1. The average molecular weight is 290 g/mol. The molecule has 0 amide bonds. The third-order valence-corrected chi connectivity index (χ3v) is 4.42. The first-order valence-electron chi connectivity index (χ1n) is 7.98. The molecule has 1 aliphatic rings. The lowest BCUT2D eigenvalue weighted by Crippen LogP contribution is -2.10. The van der Waals surface area contributed by atoms with Crippen molar-refractivity contribution in [3.63, 3.8) is 0 Å². The molecule has 0 aliphatic heterocycles. The number of ketones is 1. The van der Waals surface area contributed by atoms with Crippen LogP contribution in [0.2, 0.25) is 0 Å². The Hall–Kier alpha value is -1.51. The maximum atomic E-state index is 12.0. The van der Waals surface area contributed by atoms with Crippen LogP contribution in [0.1, 0.15) is 50.5 Å². The van der Waals surface area contributed by atoms with Crippen molar-refractivity contribution in [3.05, 3.63) is 23.8 Å². The van der Waals surface area contributed by atoms with E-state index in [0.717, 1.165) is 50.0 Å². The summed E-state index contributed by atoms with van der Waals surface area (Å²) in [6.07, 6.45) is 8.40. The molecule has 21 heavy (non-hydrogen) atoms. The van der Waals surface area contributed by atoms with E-state index < -0.39 is 0 Å². The van der Waals surface area contributed by atoms with Gasteiger partial charge in [-0.3, -0.25) is 4.79 Å². The number of rotatable bonds is 8. The van der Waals surface area contributed by atoms with Gasteiger partial charge in [-0.15, -0.1) is 0 Å². The molecule has 0 aromatic heterocycles. The molecule has 0 N–H and O–H groups in total. The fourth-order valence-corrected chi connectivity index (χ4v) is 3.12. The van der Waals surface area contributed by atoms with Gasteiger partial charge in [0.05, 0.1) is 14.2 Å². The van der Waals surface area contributed by atoms with Crippen LogP contribution < -0.4 is 9.47 Å². The molecule has 0 saturated heterocycles. The monoisotopic (exact) mass is 290 g/mol. The van der Waals surface area contributed by atoms with Crippen LogP contribution in [0.5, 0.6) is 11.5 Å². The Morgan fingerprint density at radius 1 is 1.14 bits per heavy atom. The predicted octanol–water partition coefficient (Wildman–Crippen LogP) is 4.18. The zero-order valence-electron chi connectivity index (χ0n) is 13.2. The summed E-state index contributed by atoms with van der Waals surface area (Å²) in [5.74, 6) is 2.53. The third kappa shape index (κ3) is 4.48. The number of carbonyl (C=O) groups is 1. The van der Waals surface area contributed by atoms with Gasteiger partial charge in [0, 0.05) is 18.4 Å². The summed E-state index contributed by atoms with van der Waals surface area (Å²) < 4.78 is 10.6. The van der Waals surface area contributed by atoms with Gasteiger partial charge in [0.25, 0.3) is 0 Å². The summed E-state index contributed by atoms with van der Waals surface area (Å²) in [5.41, 5.74) is 1.19. The van der Waals surface area contributed by atoms with E-state index in [9.17, 15) is 4.79 Å². The molecule has 2 rings (SSSR count). The molecule has 1 saturated carbocycles.